The summed E-state index contributed by atoms with van der Waals surface area (Å²) in [5.74, 6) is -0.0189. The number of carbonyl (C=O) groups excluding carboxylic acids is 2. The van der Waals surface area contributed by atoms with Crippen molar-refractivity contribution in [1.82, 2.24) is 4.72 Å². The van der Waals surface area contributed by atoms with Crippen molar-refractivity contribution in [3.63, 3.8) is 0 Å². The molecule has 1 amide bonds. The molecule has 0 saturated carbocycles. The van der Waals surface area contributed by atoms with E-state index in [0.717, 1.165) is 18.4 Å². The van der Waals surface area contributed by atoms with E-state index in [4.69, 9.17) is 32.5 Å². The Labute approximate surface area is 160 Å². The maximum atomic E-state index is 10.4. The zero-order chi connectivity index (χ0) is 19.7. The van der Waals surface area contributed by atoms with Crippen LogP contribution in [-0.4, -0.2) is 24.7 Å². The Hall–Kier alpha value is -2.13. The minimum Gasteiger partial charge on any atom is -0.457 e. The van der Waals surface area contributed by atoms with Crippen LogP contribution in [0.25, 0.3) is 0 Å². The highest BCUT2D eigenvalue weighted by atomic mass is 35.5. The van der Waals surface area contributed by atoms with E-state index in [9.17, 15) is 18.0 Å². The van der Waals surface area contributed by atoms with E-state index in [1.807, 2.05) is 24.3 Å². The van der Waals surface area contributed by atoms with Gasteiger partial charge in [-0.25, -0.2) is 4.72 Å². The molecule has 0 aliphatic rings. The number of rotatable bonds is 5. The van der Waals surface area contributed by atoms with Crippen molar-refractivity contribution < 1.29 is 27.3 Å². The quantitative estimate of drug-likeness (QED) is 0.564. The lowest BCUT2D eigenvalue weighted by atomic mass is 10.3. The first-order chi connectivity index (χ1) is 12.0. The van der Waals surface area contributed by atoms with Crippen molar-refractivity contribution in [1.29, 1.82) is 0 Å². The van der Waals surface area contributed by atoms with Crippen molar-refractivity contribution in [3.8, 4) is 11.5 Å². The van der Waals surface area contributed by atoms with E-state index >= 15 is 0 Å². The Bertz CT molecular complexity index is 808. The smallest absolute Gasteiger partial charge is 0.359 e. The Morgan fingerprint density at radius 3 is 1.65 bits per heavy atom. The number of halogens is 2. The summed E-state index contributed by atoms with van der Waals surface area (Å²) in [4.78, 5) is 20.6. The number of hydrogen-bond acceptors (Lipinski definition) is 5. The van der Waals surface area contributed by atoms with Crippen LogP contribution in [0.4, 0.5) is 0 Å². The maximum absolute atomic E-state index is 10.4. The van der Waals surface area contributed by atoms with E-state index in [-0.39, 0.29) is 0 Å². The van der Waals surface area contributed by atoms with Gasteiger partial charge >= 0.3 is 10.3 Å². The van der Waals surface area contributed by atoms with E-state index in [0.29, 0.717) is 10.0 Å². The van der Waals surface area contributed by atoms with Gasteiger partial charge in [0.2, 0.25) is 5.91 Å². The van der Waals surface area contributed by atoms with Crippen LogP contribution in [0, 0.1) is 0 Å². The summed E-state index contributed by atoms with van der Waals surface area (Å²) in [5.41, 5.74) is 0. The third kappa shape index (κ3) is 10.00. The predicted molar refractivity (Wildman–Crippen MR) is 98.0 cm³/mol. The number of ketones is 1. The van der Waals surface area contributed by atoms with Crippen LogP contribution in [0.3, 0.4) is 0 Å². The van der Waals surface area contributed by atoms with Crippen molar-refractivity contribution in [3.05, 3.63) is 58.6 Å². The Kier molecular flexibility index (Phi) is 8.53. The first-order valence-corrected chi connectivity index (χ1v) is 9.21. The highest BCUT2D eigenvalue weighted by Gasteiger charge is 2.11. The molecule has 0 heterocycles. The van der Waals surface area contributed by atoms with Crippen LogP contribution in [-0.2, 0) is 19.9 Å². The summed E-state index contributed by atoms with van der Waals surface area (Å²) in [7, 11) is -4.52. The highest BCUT2D eigenvalue weighted by molar-refractivity contribution is 7.84. The molecule has 2 rings (SSSR count). The normalized spacial score (nSPS) is 10.3. The molecule has 10 heteroatoms. The molecule has 0 atom stereocenters. The van der Waals surface area contributed by atoms with Gasteiger partial charge < -0.3 is 4.74 Å². The molecule has 140 valence electrons. The molecule has 2 N–H and O–H groups in total. The SMILES string of the molecule is CC(=O)CC(=O)NS(=O)(=O)O.Clc1ccc(Oc2ccc(Cl)cc2)cc1. The van der Waals surface area contributed by atoms with Gasteiger partial charge in [-0.05, 0) is 55.5 Å². The number of carbonyl (C=O) groups is 2. The Balaban J connectivity index is 0.000000276. The first-order valence-electron chi connectivity index (χ1n) is 7.01. The lowest BCUT2D eigenvalue weighted by Crippen LogP contribution is -2.30. The minimum absolute atomic E-state index is 0.480. The largest absolute Gasteiger partial charge is 0.457 e. The molecule has 0 unspecified atom stereocenters. The van der Waals surface area contributed by atoms with E-state index in [1.165, 1.54) is 4.72 Å². The fraction of sp³-hybridized carbons (Fsp3) is 0.125. The molecule has 0 aliphatic carbocycles. The van der Waals surface area contributed by atoms with Crippen molar-refractivity contribution in [2.75, 3.05) is 0 Å². The van der Waals surface area contributed by atoms with Crippen LogP contribution in [0.15, 0.2) is 48.5 Å². The number of ether oxygens (including phenoxy) is 1. The molecule has 7 nitrogen and oxygen atoms in total. The molecule has 0 aromatic heterocycles. The first kappa shape index (κ1) is 21.9. The second-order valence-electron chi connectivity index (χ2n) is 4.89. The Morgan fingerprint density at radius 2 is 1.35 bits per heavy atom. The van der Waals surface area contributed by atoms with Crippen molar-refractivity contribution in [2.24, 2.45) is 0 Å². The zero-order valence-electron chi connectivity index (χ0n) is 13.5. The number of hydrogen-bond donors (Lipinski definition) is 2. The number of benzene rings is 2. The summed E-state index contributed by atoms with van der Waals surface area (Å²) >= 11 is 11.5. The summed E-state index contributed by atoms with van der Waals surface area (Å²) in [6, 6.07) is 14.4. The third-order valence-corrected chi connectivity index (χ3v) is 3.50. The van der Waals surface area contributed by atoms with E-state index < -0.39 is 28.4 Å². The zero-order valence-corrected chi connectivity index (χ0v) is 15.8. The summed E-state index contributed by atoms with van der Waals surface area (Å²) in [5, 5.41) is 1.39. The minimum atomic E-state index is -4.52. The van der Waals surface area contributed by atoms with Crippen molar-refractivity contribution >= 4 is 45.2 Å². The van der Waals surface area contributed by atoms with Gasteiger partial charge in [0.1, 0.15) is 17.3 Å². The molecular formula is C16H15Cl2NO6S. The second-order valence-corrected chi connectivity index (χ2v) is 6.92. The van der Waals surface area contributed by atoms with Gasteiger partial charge in [-0.3, -0.25) is 14.1 Å². The molecule has 0 radical (unpaired) electrons. The van der Waals surface area contributed by atoms with Gasteiger partial charge in [0.15, 0.2) is 0 Å². The average molecular weight is 420 g/mol. The summed E-state index contributed by atoms with van der Waals surface area (Å²) in [6.45, 7) is 1.13. The Morgan fingerprint density at radius 1 is 0.962 bits per heavy atom. The lowest BCUT2D eigenvalue weighted by Gasteiger charge is -2.05. The van der Waals surface area contributed by atoms with Crippen LogP contribution in [0.1, 0.15) is 13.3 Å². The van der Waals surface area contributed by atoms with Gasteiger partial charge in [-0.15, -0.1) is 0 Å². The number of nitrogens with one attached hydrogen (secondary N) is 1. The average Bonchev–Trinajstić information content (AvgIpc) is 2.50. The molecule has 2 aromatic carbocycles. The maximum Gasteiger partial charge on any atom is 0.359 e. The molecule has 0 aliphatic heterocycles. The molecule has 0 bridgehead atoms. The predicted octanol–water partition coefficient (Wildman–Crippen LogP) is 3.67. The molecule has 0 spiro atoms. The van der Waals surface area contributed by atoms with Gasteiger partial charge in [-0.1, -0.05) is 23.2 Å². The van der Waals surface area contributed by atoms with Gasteiger partial charge in [0, 0.05) is 10.0 Å². The molecular weight excluding hydrogens is 405 g/mol. The van der Waals surface area contributed by atoms with Crippen LogP contribution < -0.4 is 9.46 Å². The van der Waals surface area contributed by atoms with Crippen LogP contribution in [0.5, 0.6) is 11.5 Å². The van der Waals surface area contributed by atoms with E-state index in [1.54, 1.807) is 24.3 Å². The van der Waals surface area contributed by atoms with Gasteiger partial charge in [0.05, 0.1) is 6.42 Å². The van der Waals surface area contributed by atoms with Crippen LogP contribution >= 0.6 is 23.2 Å². The molecule has 0 fully saturated rings. The van der Waals surface area contributed by atoms with Crippen LogP contribution in [0.2, 0.25) is 10.0 Å². The standard InChI is InChI=1S/C12H8Cl2O.C4H7NO5S/c13-9-1-5-11(6-2-9)15-12-7-3-10(14)4-8-12;1-3(6)2-4(7)5-11(8,9)10/h1-8H;2H2,1H3,(H,5,7)(H,8,9,10). The molecule has 2 aromatic rings. The number of amides is 1. The monoisotopic (exact) mass is 419 g/mol. The van der Waals surface area contributed by atoms with Gasteiger partial charge in [-0.2, -0.15) is 8.42 Å². The second kappa shape index (κ2) is 10.1. The third-order valence-electron chi connectivity index (χ3n) is 2.52. The van der Waals surface area contributed by atoms with E-state index in [2.05, 4.69) is 0 Å². The fourth-order valence-corrected chi connectivity index (χ4v) is 2.16. The fourth-order valence-electron chi connectivity index (χ4n) is 1.55. The molecule has 0 saturated heterocycles. The molecule has 26 heavy (non-hydrogen) atoms. The topological polar surface area (TPSA) is 110 Å². The van der Waals surface area contributed by atoms with Gasteiger partial charge in [0.25, 0.3) is 0 Å². The lowest BCUT2D eigenvalue weighted by molar-refractivity contribution is -0.126. The highest BCUT2D eigenvalue weighted by Crippen LogP contribution is 2.24. The van der Waals surface area contributed by atoms with Crippen molar-refractivity contribution in [2.45, 2.75) is 13.3 Å². The summed E-state index contributed by atoms with van der Waals surface area (Å²) in [6.07, 6.45) is -0.556. The number of Topliss-reactive ketones (excluding diaryl/α,β-unsaturated/α-hetero) is 1. The summed E-state index contributed by atoms with van der Waals surface area (Å²) < 4.78 is 34.7.